The molecule has 0 aliphatic heterocycles. The Labute approximate surface area is 124 Å². The second-order valence-electron chi connectivity index (χ2n) is 5.78. The van der Waals surface area contributed by atoms with Crippen LogP contribution in [0.5, 0.6) is 0 Å². The van der Waals surface area contributed by atoms with Crippen LogP contribution >= 0.6 is 0 Å². The molecule has 0 bridgehead atoms. The van der Waals surface area contributed by atoms with Crippen molar-refractivity contribution in [1.29, 1.82) is 0 Å². The van der Waals surface area contributed by atoms with E-state index in [1.165, 1.54) is 7.11 Å². The first-order valence-corrected chi connectivity index (χ1v) is 7.16. The minimum atomic E-state index is -0.994. The Morgan fingerprint density at radius 3 is 2.52 bits per heavy atom. The van der Waals surface area contributed by atoms with Gasteiger partial charge in [-0.3, -0.25) is 14.4 Å². The van der Waals surface area contributed by atoms with Crippen LogP contribution in [-0.2, 0) is 19.1 Å². The van der Waals surface area contributed by atoms with Crippen molar-refractivity contribution < 1.29 is 24.2 Å². The van der Waals surface area contributed by atoms with Gasteiger partial charge in [0.25, 0.3) is 0 Å². The van der Waals surface area contributed by atoms with Crippen LogP contribution in [-0.4, -0.2) is 48.7 Å². The van der Waals surface area contributed by atoms with Crippen molar-refractivity contribution >= 4 is 17.8 Å². The first-order valence-electron chi connectivity index (χ1n) is 7.16. The van der Waals surface area contributed by atoms with Crippen molar-refractivity contribution in [3.05, 3.63) is 0 Å². The van der Waals surface area contributed by atoms with E-state index in [0.29, 0.717) is 13.0 Å². The molecule has 0 saturated heterocycles. The van der Waals surface area contributed by atoms with E-state index >= 15 is 0 Å². The molecule has 2 amide bonds. The molecule has 0 radical (unpaired) electrons. The zero-order chi connectivity index (χ0) is 15.9. The lowest BCUT2D eigenvalue weighted by molar-refractivity contribution is -0.139. The summed E-state index contributed by atoms with van der Waals surface area (Å²) in [5.41, 5.74) is -0.922. The number of carbonyl (C=O) groups is 3. The number of amides is 2. The summed E-state index contributed by atoms with van der Waals surface area (Å²) in [6.45, 7) is 2.23. The Kier molecular flexibility index (Phi) is 6.61. The van der Waals surface area contributed by atoms with Crippen LogP contribution in [0.15, 0.2) is 0 Å². The molecule has 1 unspecified atom stereocenters. The molecule has 0 aromatic rings. The molecular formula is C14H24N2O5. The lowest BCUT2D eigenvalue weighted by atomic mass is 9.98. The highest BCUT2D eigenvalue weighted by Gasteiger charge is 2.30. The van der Waals surface area contributed by atoms with Crippen LogP contribution in [0.2, 0.25) is 0 Å². The zero-order valence-electron chi connectivity index (χ0n) is 12.6. The topological polar surface area (TPSA) is 105 Å². The van der Waals surface area contributed by atoms with Gasteiger partial charge in [0.15, 0.2) is 0 Å². The van der Waals surface area contributed by atoms with Crippen molar-refractivity contribution in [3.8, 4) is 0 Å². The maximum atomic E-state index is 11.8. The van der Waals surface area contributed by atoms with Crippen LogP contribution in [0.4, 0.5) is 0 Å². The molecule has 1 atom stereocenters. The van der Waals surface area contributed by atoms with Gasteiger partial charge in [-0.1, -0.05) is 0 Å². The third-order valence-corrected chi connectivity index (χ3v) is 3.27. The molecule has 21 heavy (non-hydrogen) atoms. The number of carbonyl (C=O) groups excluding carboxylic acids is 2. The lowest BCUT2D eigenvalue weighted by Crippen LogP contribution is -2.50. The normalized spacial score (nSPS) is 16.9. The number of carboxylic acid groups (broad SMARTS) is 1. The number of rotatable bonds is 10. The van der Waals surface area contributed by atoms with Crippen LogP contribution in [0.3, 0.4) is 0 Å². The van der Waals surface area contributed by atoms with E-state index in [2.05, 4.69) is 10.6 Å². The van der Waals surface area contributed by atoms with E-state index in [1.54, 1.807) is 6.92 Å². The maximum absolute atomic E-state index is 11.8. The van der Waals surface area contributed by atoms with Gasteiger partial charge in [0, 0.05) is 26.0 Å². The summed E-state index contributed by atoms with van der Waals surface area (Å²) in [4.78, 5) is 34.0. The smallest absolute Gasteiger partial charge is 0.305 e. The Balaban J connectivity index is 2.25. The largest absolute Gasteiger partial charge is 0.481 e. The molecule has 120 valence electrons. The van der Waals surface area contributed by atoms with E-state index in [9.17, 15) is 14.4 Å². The Morgan fingerprint density at radius 1 is 1.33 bits per heavy atom. The maximum Gasteiger partial charge on any atom is 0.305 e. The molecule has 1 fully saturated rings. The molecule has 7 nitrogen and oxygen atoms in total. The fraction of sp³-hybridized carbons (Fsp3) is 0.786. The number of hydrogen-bond acceptors (Lipinski definition) is 4. The molecule has 3 N–H and O–H groups in total. The first-order chi connectivity index (χ1) is 9.86. The van der Waals surface area contributed by atoms with Gasteiger partial charge < -0.3 is 20.5 Å². The van der Waals surface area contributed by atoms with Gasteiger partial charge in [0.2, 0.25) is 11.8 Å². The van der Waals surface area contributed by atoms with Crippen LogP contribution < -0.4 is 10.6 Å². The van der Waals surface area contributed by atoms with Gasteiger partial charge >= 0.3 is 5.97 Å². The lowest BCUT2D eigenvalue weighted by Gasteiger charge is -2.28. The third-order valence-electron chi connectivity index (χ3n) is 3.27. The molecule has 0 heterocycles. The van der Waals surface area contributed by atoms with Gasteiger partial charge in [-0.2, -0.15) is 0 Å². The van der Waals surface area contributed by atoms with E-state index in [0.717, 1.165) is 12.8 Å². The average Bonchev–Trinajstić information content (AvgIpc) is 3.17. The van der Waals surface area contributed by atoms with Crippen molar-refractivity contribution in [2.45, 2.75) is 44.6 Å². The molecule has 1 saturated carbocycles. The molecule has 0 aromatic carbocycles. The predicted molar refractivity (Wildman–Crippen MR) is 75.6 cm³/mol. The van der Waals surface area contributed by atoms with Gasteiger partial charge in [-0.25, -0.2) is 0 Å². The predicted octanol–water partition coefficient (Wildman–Crippen LogP) is 0.289. The first kappa shape index (κ1) is 17.4. The van der Waals surface area contributed by atoms with Crippen molar-refractivity contribution in [2.24, 2.45) is 5.92 Å². The molecular weight excluding hydrogens is 276 g/mol. The summed E-state index contributed by atoms with van der Waals surface area (Å²) in [5.74, 6) is -1.01. The second kappa shape index (κ2) is 7.97. The summed E-state index contributed by atoms with van der Waals surface area (Å²) < 4.78 is 4.96. The third kappa shape index (κ3) is 7.08. The van der Waals surface area contributed by atoms with Crippen molar-refractivity contribution in [2.75, 3.05) is 20.3 Å². The number of ether oxygens (including phenoxy) is 1. The fourth-order valence-corrected chi connectivity index (χ4v) is 2.13. The van der Waals surface area contributed by atoms with E-state index in [4.69, 9.17) is 9.84 Å². The quantitative estimate of drug-likeness (QED) is 0.503. The molecule has 1 aliphatic carbocycles. The summed E-state index contributed by atoms with van der Waals surface area (Å²) >= 11 is 0. The van der Waals surface area contributed by atoms with Crippen molar-refractivity contribution in [3.63, 3.8) is 0 Å². The summed E-state index contributed by atoms with van der Waals surface area (Å²) in [6.07, 6.45) is 2.48. The summed E-state index contributed by atoms with van der Waals surface area (Å²) in [6, 6.07) is 0. The number of nitrogens with one attached hydrogen (secondary N) is 2. The summed E-state index contributed by atoms with van der Waals surface area (Å²) in [5, 5.41) is 14.3. The number of methoxy groups -OCH3 is 1. The zero-order valence-corrected chi connectivity index (χ0v) is 12.6. The van der Waals surface area contributed by atoms with Gasteiger partial charge in [0.1, 0.15) is 0 Å². The Hall–Kier alpha value is -1.63. The van der Waals surface area contributed by atoms with Crippen molar-refractivity contribution in [1.82, 2.24) is 10.6 Å². The van der Waals surface area contributed by atoms with Crippen LogP contribution in [0, 0.1) is 5.92 Å². The fourth-order valence-electron chi connectivity index (χ4n) is 2.13. The Morgan fingerprint density at radius 2 is 2.00 bits per heavy atom. The molecule has 7 heteroatoms. The minimum absolute atomic E-state index is 0.0607. The van der Waals surface area contributed by atoms with E-state index in [-0.39, 0.29) is 37.2 Å². The highest BCUT2D eigenvalue weighted by molar-refractivity contribution is 5.81. The number of carboxylic acids is 1. The highest BCUT2D eigenvalue weighted by Crippen LogP contribution is 2.28. The van der Waals surface area contributed by atoms with Gasteiger partial charge in [-0.15, -0.1) is 0 Å². The molecule has 0 spiro atoms. The van der Waals surface area contributed by atoms with Crippen LogP contribution in [0.1, 0.15) is 39.0 Å². The Bertz CT molecular complexity index is 395. The van der Waals surface area contributed by atoms with Crippen LogP contribution in [0.25, 0.3) is 0 Å². The minimum Gasteiger partial charge on any atom is -0.481 e. The van der Waals surface area contributed by atoms with Gasteiger partial charge in [0.05, 0.1) is 18.6 Å². The highest BCUT2D eigenvalue weighted by atomic mass is 16.5. The molecule has 1 aliphatic rings. The standard InChI is InChI=1S/C14H24N2O5/c1-14(9-21-2,8-12(18)19)16-11(17)4-3-7-15-13(20)10-5-6-10/h10H,3-9H2,1-2H3,(H,15,20)(H,16,17)(H,18,19). The molecule has 1 rings (SSSR count). The second-order valence-corrected chi connectivity index (χ2v) is 5.78. The average molecular weight is 300 g/mol. The van der Waals surface area contributed by atoms with Gasteiger partial charge in [-0.05, 0) is 26.2 Å². The number of aliphatic carboxylic acids is 1. The summed E-state index contributed by atoms with van der Waals surface area (Å²) in [7, 11) is 1.46. The SMILES string of the molecule is COCC(C)(CC(=O)O)NC(=O)CCCNC(=O)C1CC1. The number of hydrogen-bond donors (Lipinski definition) is 3. The molecule has 0 aromatic heterocycles. The van der Waals surface area contributed by atoms with E-state index < -0.39 is 11.5 Å². The monoisotopic (exact) mass is 300 g/mol. The van der Waals surface area contributed by atoms with E-state index in [1.807, 2.05) is 0 Å².